The monoisotopic (exact) mass is 383 g/mol. The van der Waals surface area contributed by atoms with Crippen LogP contribution in [-0.4, -0.2) is 56.8 Å². The van der Waals surface area contributed by atoms with Crippen LogP contribution in [0.1, 0.15) is 24.4 Å². The molecule has 1 aromatic carbocycles. The number of carbonyl (C=O) groups is 1. The van der Waals surface area contributed by atoms with Gasteiger partial charge in [-0.3, -0.25) is 0 Å². The Morgan fingerprint density at radius 2 is 2.04 bits per heavy atom. The Morgan fingerprint density at radius 1 is 1.25 bits per heavy atom. The highest BCUT2D eigenvalue weighted by Gasteiger charge is 2.17. The third-order valence-corrected chi connectivity index (χ3v) is 4.99. The topological polar surface area (TPSA) is 69.7 Å². The van der Waals surface area contributed by atoms with Crippen LogP contribution < -0.4 is 20.3 Å². The van der Waals surface area contributed by atoms with Gasteiger partial charge in [0.1, 0.15) is 11.6 Å². The van der Waals surface area contributed by atoms with E-state index >= 15 is 0 Å². The minimum atomic E-state index is -0.245. The van der Waals surface area contributed by atoms with E-state index in [0.29, 0.717) is 12.2 Å². The van der Waals surface area contributed by atoms with Gasteiger partial charge in [-0.2, -0.15) is 0 Å². The number of likely N-dealkylation sites (N-methyl/N-ethyl adjacent to an activating group) is 1. The summed E-state index contributed by atoms with van der Waals surface area (Å²) < 4.78 is 5.31. The second kappa shape index (κ2) is 9.41. The van der Waals surface area contributed by atoms with Crippen LogP contribution in [0.5, 0.6) is 5.75 Å². The molecule has 3 rings (SSSR count). The van der Waals surface area contributed by atoms with E-state index in [1.807, 2.05) is 50.5 Å². The Morgan fingerprint density at radius 3 is 2.68 bits per heavy atom. The molecule has 0 saturated carbocycles. The highest BCUT2D eigenvalue weighted by Crippen LogP contribution is 2.22. The van der Waals surface area contributed by atoms with Gasteiger partial charge in [0, 0.05) is 19.6 Å². The number of rotatable bonds is 7. The molecule has 2 N–H and O–H groups in total. The summed E-state index contributed by atoms with van der Waals surface area (Å²) in [4.78, 5) is 21.1. The number of hydrogen-bond acceptors (Lipinski definition) is 5. The number of hydrogen-bond donors (Lipinski definition) is 2. The molecule has 1 atom stereocenters. The molecule has 7 nitrogen and oxygen atoms in total. The molecule has 2 aromatic rings. The molecule has 2 heterocycles. The van der Waals surface area contributed by atoms with Crippen LogP contribution in [0.15, 0.2) is 42.6 Å². The molecule has 0 unspecified atom stereocenters. The number of anilines is 2. The second-order valence-corrected chi connectivity index (χ2v) is 7.19. The normalized spacial score (nSPS) is 14.8. The molecule has 1 saturated heterocycles. The number of benzene rings is 1. The summed E-state index contributed by atoms with van der Waals surface area (Å²) in [7, 11) is 5.63. The number of amides is 2. The lowest BCUT2D eigenvalue weighted by atomic mass is 10.1. The maximum Gasteiger partial charge on any atom is 0.319 e. The molecule has 0 spiro atoms. The Labute approximate surface area is 166 Å². The minimum absolute atomic E-state index is 0.0384. The molecule has 0 radical (unpaired) electrons. The van der Waals surface area contributed by atoms with Crippen molar-refractivity contribution in [1.29, 1.82) is 0 Å². The predicted molar refractivity (Wildman–Crippen MR) is 112 cm³/mol. The van der Waals surface area contributed by atoms with E-state index in [4.69, 9.17) is 4.74 Å². The van der Waals surface area contributed by atoms with Crippen molar-refractivity contribution in [2.75, 3.05) is 51.1 Å². The molecule has 7 heteroatoms. The summed E-state index contributed by atoms with van der Waals surface area (Å²) in [6.45, 7) is 2.58. The van der Waals surface area contributed by atoms with E-state index in [2.05, 4.69) is 25.4 Å². The maximum absolute atomic E-state index is 12.3. The number of aromatic nitrogens is 1. The lowest BCUT2D eigenvalue weighted by Crippen LogP contribution is -2.36. The fraction of sp³-hybridized carbons (Fsp3) is 0.429. The molecule has 28 heavy (non-hydrogen) atoms. The van der Waals surface area contributed by atoms with Crippen LogP contribution in [-0.2, 0) is 0 Å². The number of nitrogens with zero attached hydrogens (tertiary/aromatic N) is 3. The molecular formula is C21H29N5O2. The van der Waals surface area contributed by atoms with Crippen LogP contribution in [0.4, 0.5) is 16.3 Å². The summed E-state index contributed by atoms with van der Waals surface area (Å²) in [6, 6.07) is 11.5. The Kier molecular flexibility index (Phi) is 6.71. The fourth-order valence-electron chi connectivity index (χ4n) is 3.41. The summed E-state index contributed by atoms with van der Waals surface area (Å²) >= 11 is 0. The maximum atomic E-state index is 12.3. The van der Waals surface area contributed by atoms with E-state index in [1.165, 1.54) is 12.8 Å². The SMILES string of the molecule is COc1cccc([C@@H](CNC(=O)Nc2ccc(N3CCCC3)nc2)N(C)C)c1. The van der Waals surface area contributed by atoms with Gasteiger partial charge in [0.15, 0.2) is 0 Å². The predicted octanol–water partition coefficient (Wildman–Crippen LogP) is 3.11. The number of methoxy groups -OCH3 is 1. The molecule has 1 aliphatic rings. The van der Waals surface area contributed by atoms with Gasteiger partial charge in [-0.25, -0.2) is 9.78 Å². The largest absolute Gasteiger partial charge is 0.497 e. The van der Waals surface area contributed by atoms with Crippen molar-refractivity contribution in [2.45, 2.75) is 18.9 Å². The van der Waals surface area contributed by atoms with E-state index < -0.39 is 0 Å². The number of pyridine rings is 1. The van der Waals surface area contributed by atoms with E-state index in [-0.39, 0.29) is 12.1 Å². The second-order valence-electron chi connectivity index (χ2n) is 7.19. The van der Waals surface area contributed by atoms with Gasteiger partial charge in [0.2, 0.25) is 0 Å². The fourth-order valence-corrected chi connectivity index (χ4v) is 3.41. The van der Waals surface area contributed by atoms with Gasteiger partial charge in [0.05, 0.1) is 25.0 Å². The first-order chi connectivity index (χ1) is 13.6. The van der Waals surface area contributed by atoms with Crippen molar-refractivity contribution in [1.82, 2.24) is 15.2 Å². The van der Waals surface area contributed by atoms with Gasteiger partial charge in [-0.05, 0) is 56.8 Å². The average molecular weight is 383 g/mol. The zero-order valence-electron chi connectivity index (χ0n) is 16.8. The molecule has 1 aromatic heterocycles. The van der Waals surface area contributed by atoms with Crippen LogP contribution >= 0.6 is 0 Å². The average Bonchev–Trinajstić information content (AvgIpc) is 3.23. The van der Waals surface area contributed by atoms with E-state index in [9.17, 15) is 4.79 Å². The molecule has 1 fully saturated rings. The van der Waals surface area contributed by atoms with Gasteiger partial charge in [-0.1, -0.05) is 12.1 Å². The van der Waals surface area contributed by atoms with Crippen LogP contribution in [0.2, 0.25) is 0 Å². The summed E-state index contributed by atoms with van der Waals surface area (Å²) in [5.74, 6) is 1.77. The number of ether oxygens (including phenoxy) is 1. The number of carbonyl (C=O) groups excluding carboxylic acids is 1. The summed E-state index contributed by atoms with van der Waals surface area (Å²) in [6.07, 6.45) is 4.13. The summed E-state index contributed by atoms with van der Waals surface area (Å²) in [5.41, 5.74) is 1.77. The van der Waals surface area contributed by atoms with Crippen molar-refractivity contribution < 1.29 is 9.53 Å². The standard InChI is InChI=1S/C21H29N5O2/c1-25(2)19(16-7-6-8-18(13-16)28-3)15-23-21(27)24-17-9-10-20(22-14-17)26-11-4-5-12-26/h6-10,13-14,19H,4-5,11-12,15H2,1-3H3,(H2,23,24,27)/t19-/m1/s1. The van der Waals surface area contributed by atoms with E-state index in [0.717, 1.165) is 30.2 Å². The molecule has 0 aliphatic carbocycles. The molecule has 0 bridgehead atoms. The Balaban J connectivity index is 1.55. The minimum Gasteiger partial charge on any atom is -0.497 e. The van der Waals surface area contributed by atoms with E-state index in [1.54, 1.807) is 13.3 Å². The third kappa shape index (κ3) is 5.13. The lowest BCUT2D eigenvalue weighted by molar-refractivity contribution is 0.243. The highest BCUT2D eigenvalue weighted by molar-refractivity contribution is 5.89. The zero-order chi connectivity index (χ0) is 19.9. The van der Waals surface area contributed by atoms with Crippen LogP contribution in [0.25, 0.3) is 0 Å². The quantitative estimate of drug-likeness (QED) is 0.769. The number of nitrogens with one attached hydrogen (secondary N) is 2. The van der Waals surface area contributed by atoms with Crippen molar-refractivity contribution in [3.8, 4) is 5.75 Å². The van der Waals surface area contributed by atoms with Crippen molar-refractivity contribution in [2.24, 2.45) is 0 Å². The first-order valence-electron chi connectivity index (χ1n) is 9.63. The first kappa shape index (κ1) is 19.9. The van der Waals surface area contributed by atoms with Crippen molar-refractivity contribution in [3.63, 3.8) is 0 Å². The third-order valence-electron chi connectivity index (χ3n) is 4.99. The zero-order valence-corrected chi connectivity index (χ0v) is 16.8. The Hall–Kier alpha value is -2.80. The summed E-state index contributed by atoms with van der Waals surface area (Å²) in [5, 5.41) is 5.80. The van der Waals surface area contributed by atoms with Crippen LogP contribution in [0.3, 0.4) is 0 Å². The highest BCUT2D eigenvalue weighted by atomic mass is 16.5. The lowest BCUT2D eigenvalue weighted by Gasteiger charge is -2.25. The van der Waals surface area contributed by atoms with Gasteiger partial charge >= 0.3 is 6.03 Å². The number of urea groups is 1. The van der Waals surface area contributed by atoms with Gasteiger partial charge < -0.3 is 25.2 Å². The van der Waals surface area contributed by atoms with Crippen molar-refractivity contribution in [3.05, 3.63) is 48.2 Å². The van der Waals surface area contributed by atoms with Crippen molar-refractivity contribution >= 4 is 17.5 Å². The van der Waals surface area contributed by atoms with Gasteiger partial charge in [0.25, 0.3) is 0 Å². The first-order valence-corrected chi connectivity index (χ1v) is 9.63. The van der Waals surface area contributed by atoms with Gasteiger partial charge in [-0.15, -0.1) is 0 Å². The molecule has 2 amide bonds. The molecular weight excluding hydrogens is 354 g/mol. The Bertz CT molecular complexity index is 773. The molecule has 1 aliphatic heterocycles. The smallest absolute Gasteiger partial charge is 0.319 e. The van der Waals surface area contributed by atoms with Crippen LogP contribution in [0, 0.1) is 0 Å². The molecule has 150 valence electrons.